The highest BCUT2D eigenvalue weighted by molar-refractivity contribution is 6.30. The van der Waals surface area contributed by atoms with Crippen LogP contribution in [-0.4, -0.2) is 87.9 Å². The van der Waals surface area contributed by atoms with Crippen molar-refractivity contribution >= 4 is 17.5 Å². The van der Waals surface area contributed by atoms with Crippen molar-refractivity contribution < 1.29 is 34.3 Å². The number of aliphatic hydroxyl groups excluding tert-OH is 2. The number of carbonyl (C=O) groups excluding carboxylic acids is 1. The van der Waals surface area contributed by atoms with Crippen LogP contribution in [0.1, 0.15) is 32.4 Å². The minimum absolute atomic E-state index is 0.00492. The lowest BCUT2D eigenvalue weighted by molar-refractivity contribution is -0.450. The lowest BCUT2D eigenvalue weighted by Crippen LogP contribution is -2.77. The molecule has 11 heteroatoms. The second-order valence-electron chi connectivity index (χ2n) is 10.7. The number of hydrogen-bond donors (Lipinski definition) is 5. The molecule has 1 aromatic heterocycles. The molecule has 3 fully saturated rings. The van der Waals surface area contributed by atoms with E-state index in [1.165, 1.54) is 0 Å². The molecular formula is C28H36ClN3O7. The molecule has 212 valence electrons. The van der Waals surface area contributed by atoms with Gasteiger partial charge in [-0.25, -0.2) is 0 Å². The number of aliphatic hydroxyl groups is 3. The highest BCUT2D eigenvalue weighted by Crippen LogP contribution is 2.43. The highest BCUT2D eigenvalue weighted by atomic mass is 35.5. The van der Waals surface area contributed by atoms with Crippen LogP contribution in [0, 0.1) is 5.92 Å². The summed E-state index contributed by atoms with van der Waals surface area (Å²) in [5, 5.41) is 40.1. The van der Waals surface area contributed by atoms with Crippen molar-refractivity contribution in [3.05, 3.63) is 53.3 Å². The van der Waals surface area contributed by atoms with Gasteiger partial charge in [0.05, 0.1) is 36.8 Å². The van der Waals surface area contributed by atoms with Gasteiger partial charge >= 0.3 is 0 Å². The van der Waals surface area contributed by atoms with E-state index in [-0.39, 0.29) is 24.9 Å². The zero-order valence-electron chi connectivity index (χ0n) is 22.2. The molecule has 39 heavy (non-hydrogen) atoms. The predicted molar refractivity (Wildman–Crippen MR) is 143 cm³/mol. The molecule has 2 aliphatic heterocycles. The van der Waals surface area contributed by atoms with Crippen molar-refractivity contribution in [1.82, 2.24) is 15.6 Å². The van der Waals surface area contributed by atoms with Crippen molar-refractivity contribution in [2.45, 2.75) is 87.8 Å². The topological polar surface area (TPSA) is 142 Å². The summed E-state index contributed by atoms with van der Waals surface area (Å²) < 4.78 is 18.2. The van der Waals surface area contributed by atoms with Gasteiger partial charge < -0.3 is 40.2 Å². The maximum atomic E-state index is 13.1. The van der Waals surface area contributed by atoms with Gasteiger partial charge in [0.1, 0.15) is 12.2 Å². The van der Waals surface area contributed by atoms with Gasteiger partial charge in [0.15, 0.2) is 0 Å². The average molecular weight is 562 g/mol. The fraction of sp³-hybridized carbons (Fsp3) is 0.571. The number of nitrogens with one attached hydrogen (secondary N) is 2. The van der Waals surface area contributed by atoms with Gasteiger partial charge in [0, 0.05) is 28.4 Å². The molecule has 10 nitrogen and oxygen atoms in total. The molecule has 0 bridgehead atoms. The van der Waals surface area contributed by atoms with E-state index in [9.17, 15) is 20.1 Å². The molecule has 1 aliphatic carbocycles. The van der Waals surface area contributed by atoms with Gasteiger partial charge in [-0.1, -0.05) is 36.7 Å². The van der Waals surface area contributed by atoms with Crippen LogP contribution < -0.4 is 10.6 Å². The highest BCUT2D eigenvalue weighted by Gasteiger charge is 2.63. The second kappa shape index (κ2) is 11.4. The summed E-state index contributed by atoms with van der Waals surface area (Å²) in [7, 11) is 1.68. The number of nitrogens with zero attached hydrogens (tertiary/aromatic N) is 1. The average Bonchev–Trinajstić information content (AvgIpc) is 2.90. The summed E-state index contributed by atoms with van der Waals surface area (Å²) in [5.74, 6) is -2.81. The normalized spacial score (nSPS) is 38.0. The quantitative estimate of drug-likeness (QED) is 0.353. The molecule has 1 saturated carbocycles. The van der Waals surface area contributed by atoms with Gasteiger partial charge in [-0.05, 0) is 50.6 Å². The smallest absolute Gasteiger partial charge is 0.239 e. The summed E-state index contributed by atoms with van der Waals surface area (Å²) in [6, 6.07) is 9.62. The number of benzene rings is 1. The molecule has 3 unspecified atom stereocenters. The summed E-state index contributed by atoms with van der Waals surface area (Å²) >= 11 is 5.97. The van der Waals surface area contributed by atoms with E-state index in [2.05, 4.69) is 15.6 Å². The monoisotopic (exact) mass is 561 g/mol. The first-order chi connectivity index (χ1) is 18.6. The Morgan fingerprint density at radius 2 is 1.82 bits per heavy atom. The maximum absolute atomic E-state index is 13.1. The number of fused-ring (bicyclic) bond motifs is 2. The van der Waals surface area contributed by atoms with Gasteiger partial charge in [0.25, 0.3) is 0 Å². The Labute approximate surface area is 232 Å². The van der Waals surface area contributed by atoms with Crippen LogP contribution in [0.15, 0.2) is 42.6 Å². The molecule has 1 amide bonds. The van der Waals surface area contributed by atoms with Gasteiger partial charge in [-0.2, -0.15) is 0 Å². The Balaban J connectivity index is 1.30. The zero-order chi connectivity index (χ0) is 27.9. The summed E-state index contributed by atoms with van der Waals surface area (Å²) in [6.45, 7) is 3.70. The number of aromatic nitrogens is 1. The van der Waals surface area contributed by atoms with Crippen LogP contribution in [0.25, 0.3) is 11.1 Å². The molecule has 5 rings (SSSR count). The van der Waals surface area contributed by atoms with E-state index in [0.717, 1.165) is 11.1 Å². The third-order valence-electron chi connectivity index (χ3n) is 8.11. The summed E-state index contributed by atoms with van der Waals surface area (Å²) in [5.41, 5.74) is 2.42. The molecule has 1 aromatic carbocycles. The Kier molecular flexibility index (Phi) is 8.28. The first-order valence-corrected chi connectivity index (χ1v) is 13.8. The number of carbonyl (C=O) groups is 1. The van der Waals surface area contributed by atoms with E-state index < -0.39 is 54.5 Å². The Morgan fingerprint density at radius 1 is 1.10 bits per heavy atom. The summed E-state index contributed by atoms with van der Waals surface area (Å²) in [4.78, 5) is 17.5. The number of halogens is 1. The number of pyridine rings is 1. The number of amides is 1. The number of hydrogen-bond acceptors (Lipinski definition) is 9. The standard InChI is InChI=1S/C28H36ClN3O7/c1-4-19-23(34)22(30-3)25-26(24(19)35)38-27-28(36,39-25)20(11-14(2)37-27)32-21(33)12-18-10-7-16(13-31-18)15-5-8-17(29)9-6-15/h5-10,13-14,19-20,22-27,30,34-36H,4,11-12H2,1-3H3,(H,32,33)/t14-,19-,20-,22+,23+,24-,25?,26?,27?,28+/m1/s1. The zero-order valence-corrected chi connectivity index (χ0v) is 22.9. The molecule has 3 aliphatic rings. The molecule has 2 aromatic rings. The third-order valence-corrected chi connectivity index (χ3v) is 8.36. The Hall–Kier alpha value is -2.15. The lowest BCUT2D eigenvalue weighted by Gasteiger charge is -2.58. The van der Waals surface area contributed by atoms with Crippen molar-refractivity contribution in [1.29, 1.82) is 0 Å². The van der Waals surface area contributed by atoms with Crippen LogP contribution in [0.4, 0.5) is 0 Å². The Bertz CT molecular complexity index is 1150. The first kappa shape index (κ1) is 28.4. The Morgan fingerprint density at radius 3 is 2.46 bits per heavy atom. The van der Waals surface area contributed by atoms with Crippen molar-refractivity contribution in [3.63, 3.8) is 0 Å². The van der Waals surface area contributed by atoms with E-state index in [4.69, 9.17) is 25.8 Å². The maximum Gasteiger partial charge on any atom is 0.239 e. The minimum Gasteiger partial charge on any atom is -0.391 e. The molecule has 0 spiro atoms. The summed E-state index contributed by atoms with van der Waals surface area (Å²) in [6.07, 6.45) is -2.72. The lowest BCUT2D eigenvalue weighted by atomic mass is 9.74. The number of rotatable bonds is 6. The number of likely N-dealkylation sites (N-methyl/N-ethyl adjacent to an activating group) is 1. The fourth-order valence-corrected chi connectivity index (χ4v) is 6.12. The van der Waals surface area contributed by atoms with E-state index in [0.29, 0.717) is 17.1 Å². The molecule has 2 saturated heterocycles. The number of ether oxygens (including phenoxy) is 3. The molecule has 5 N–H and O–H groups in total. The second-order valence-corrected chi connectivity index (χ2v) is 11.1. The first-order valence-electron chi connectivity index (χ1n) is 13.4. The fourth-order valence-electron chi connectivity index (χ4n) is 5.99. The third kappa shape index (κ3) is 5.45. The van der Waals surface area contributed by atoms with Gasteiger partial charge in [0.2, 0.25) is 18.0 Å². The largest absolute Gasteiger partial charge is 0.391 e. The molecule has 0 radical (unpaired) electrons. The molecule has 3 heterocycles. The van der Waals surface area contributed by atoms with Crippen LogP contribution >= 0.6 is 11.6 Å². The van der Waals surface area contributed by atoms with Crippen LogP contribution in [-0.2, 0) is 25.4 Å². The van der Waals surface area contributed by atoms with Crippen LogP contribution in [0.2, 0.25) is 5.02 Å². The van der Waals surface area contributed by atoms with E-state index >= 15 is 0 Å². The van der Waals surface area contributed by atoms with Crippen molar-refractivity contribution in [2.24, 2.45) is 5.92 Å². The van der Waals surface area contributed by atoms with Gasteiger partial charge in [-0.3, -0.25) is 9.78 Å². The van der Waals surface area contributed by atoms with E-state index in [1.54, 1.807) is 31.4 Å². The molecule has 10 atom stereocenters. The van der Waals surface area contributed by atoms with Crippen LogP contribution in [0.3, 0.4) is 0 Å². The van der Waals surface area contributed by atoms with Crippen molar-refractivity contribution in [3.8, 4) is 11.1 Å². The van der Waals surface area contributed by atoms with Crippen LogP contribution in [0.5, 0.6) is 0 Å². The van der Waals surface area contributed by atoms with Crippen molar-refractivity contribution in [2.75, 3.05) is 7.05 Å². The minimum atomic E-state index is -2.03. The SMILES string of the molecule is CC[C@@H]1[C@H](O)[C@H](NC)C2O[C@]3(O)C(OC2[C@@H]1O)O[C@H](C)C[C@H]3NC(=O)Cc1ccc(-c2ccc(Cl)cc2)cn1. The van der Waals surface area contributed by atoms with E-state index in [1.807, 2.05) is 32.0 Å². The van der Waals surface area contributed by atoms with Gasteiger partial charge in [-0.15, -0.1) is 0 Å². The predicted octanol–water partition coefficient (Wildman–Crippen LogP) is 1.39. The molecular weight excluding hydrogens is 526 g/mol.